The number of nitrogens with one attached hydrogen (secondary N) is 1. The Morgan fingerprint density at radius 3 is 2.70 bits per heavy atom. The third kappa shape index (κ3) is 2.74. The van der Waals surface area contributed by atoms with Crippen molar-refractivity contribution in [2.24, 2.45) is 0 Å². The SMILES string of the molecule is COc1cc(NC(=O)c2noc(C)n2)ccc1C(=O)O. The first-order valence-corrected chi connectivity index (χ1v) is 5.54. The molecule has 2 aromatic rings. The molecular formula is C12H11N3O5. The normalized spacial score (nSPS) is 10.1. The van der Waals surface area contributed by atoms with E-state index in [4.69, 9.17) is 14.4 Å². The highest BCUT2D eigenvalue weighted by Crippen LogP contribution is 2.23. The van der Waals surface area contributed by atoms with E-state index in [2.05, 4.69) is 15.5 Å². The van der Waals surface area contributed by atoms with Crippen LogP contribution in [0.15, 0.2) is 22.7 Å². The molecule has 2 rings (SSSR count). The number of carboxylic acids is 1. The van der Waals surface area contributed by atoms with E-state index in [0.717, 1.165) is 0 Å². The summed E-state index contributed by atoms with van der Waals surface area (Å²) in [6, 6.07) is 4.17. The number of hydrogen-bond acceptors (Lipinski definition) is 6. The van der Waals surface area contributed by atoms with Crippen molar-refractivity contribution in [2.45, 2.75) is 6.92 Å². The Morgan fingerprint density at radius 2 is 2.15 bits per heavy atom. The van der Waals surface area contributed by atoms with Crippen LogP contribution in [0.1, 0.15) is 26.9 Å². The van der Waals surface area contributed by atoms with E-state index in [1.54, 1.807) is 6.92 Å². The van der Waals surface area contributed by atoms with E-state index in [0.29, 0.717) is 5.69 Å². The number of methoxy groups -OCH3 is 1. The Morgan fingerprint density at radius 1 is 1.40 bits per heavy atom. The van der Waals surface area contributed by atoms with Crippen LogP contribution in [0.25, 0.3) is 0 Å². The maximum absolute atomic E-state index is 11.8. The molecule has 1 aromatic carbocycles. The molecule has 0 bridgehead atoms. The molecule has 1 amide bonds. The second kappa shape index (κ2) is 5.39. The molecule has 0 atom stereocenters. The number of nitrogens with zero attached hydrogens (tertiary/aromatic N) is 2. The minimum Gasteiger partial charge on any atom is -0.496 e. The van der Waals surface area contributed by atoms with Gasteiger partial charge in [0.1, 0.15) is 11.3 Å². The summed E-state index contributed by atoms with van der Waals surface area (Å²) >= 11 is 0. The summed E-state index contributed by atoms with van der Waals surface area (Å²) < 4.78 is 9.65. The predicted molar refractivity (Wildman–Crippen MR) is 66.9 cm³/mol. The molecule has 0 aliphatic heterocycles. The predicted octanol–water partition coefficient (Wildman–Crippen LogP) is 1.34. The molecular weight excluding hydrogens is 266 g/mol. The molecule has 0 aliphatic rings. The van der Waals surface area contributed by atoms with Gasteiger partial charge in [0.05, 0.1) is 7.11 Å². The highest BCUT2D eigenvalue weighted by molar-refractivity contribution is 6.02. The topological polar surface area (TPSA) is 115 Å². The first-order chi connectivity index (χ1) is 9.51. The quantitative estimate of drug-likeness (QED) is 0.866. The summed E-state index contributed by atoms with van der Waals surface area (Å²) in [6.07, 6.45) is 0. The van der Waals surface area contributed by atoms with Crippen molar-refractivity contribution in [3.8, 4) is 5.75 Å². The zero-order valence-corrected chi connectivity index (χ0v) is 10.7. The Bertz CT molecular complexity index is 665. The van der Waals surface area contributed by atoms with Crippen molar-refractivity contribution in [2.75, 3.05) is 12.4 Å². The van der Waals surface area contributed by atoms with Crippen molar-refractivity contribution >= 4 is 17.6 Å². The summed E-state index contributed by atoms with van der Waals surface area (Å²) in [5.74, 6) is -1.38. The number of benzene rings is 1. The number of carbonyl (C=O) groups is 2. The molecule has 0 radical (unpaired) electrons. The van der Waals surface area contributed by atoms with Crippen LogP contribution in [-0.2, 0) is 0 Å². The maximum Gasteiger partial charge on any atom is 0.339 e. The fourth-order valence-corrected chi connectivity index (χ4v) is 1.52. The largest absolute Gasteiger partial charge is 0.496 e. The Labute approximate surface area is 113 Å². The fraction of sp³-hybridized carbons (Fsp3) is 0.167. The van der Waals surface area contributed by atoms with Crippen LogP contribution < -0.4 is 10.1 Å². The van der Waals surface area contributed by atoms with Crippen molar-refractivity contribution in [1.82, 2.24) is 10.1 Å². The van der Waals surface area contributed by atoms with Gasteiger partial charge >= 0.3 is 5.97 Å². The van der Waals surface area contributed by atoms with Crippen LogP contribution in [0, 0.1) is 6.92 Å². The monoisotopic (exact) mass is 277 g/mol. The first kappa shape index (κ1) is 13.5. The van der Waals surface area contributed by atoms with Crippen LogP contribution in [0.4, 0.5) is 5.69 Å². The number of carboxylic acid groups (broad SMARTS) is 1. The van der Waals surface area contributed by atoms with Gasteiger partial charge in [0.2, 0.25) is 5.89 Å². The van der Waals surface area contributed by atoms with Crippen molar-refractivity contribution in [3.63, 3.8) is 0 Å². The van der Waals surface area contributed by atoms with Crippen molar-refractivity contribution in [3.05, 3.63) is 35.5 Å². The van der Waals surface area contributed by atoms with Gasteiger partial charge in [0.15, 0.2) is 0 Å². The number of carbonyl (C=O) groups excluding carboxylic acids is 1. The molecule has 8 heteroatoms. The van der Waals surface area contributed by atoms with E-state index in [1.165, 1.54) is 25.3 Å². The van der Waals surface area contributed by atoms with E-state index in [-0.39, 0.29) is 23.0 Å². The van der Waals surface area contributed by atoms with E-state index >= 15 is 0 Å². The van der Waals surface area contributed by atoms with Gasteiger partial charge in [-0.15, -0.1) is 0 Å². The average molecular weight is 277 g/mol. The lowest BCUT2D eigenvalue weighted by molar-refractivity contribution is 0.0693. The minimum absolute atomic E-state index is 0.000838. The molecule has 104 valence electrons. The van der Waals surface area contributed by atoms with Gasteiger partial charge < -0.3 is 19.7 Å². The lowest BCUT2D eigenvalue weighted by atomic mass is 10.2. The zero-order chi connectivity index (χ0) is 14.7. The fourth-order valence-electron chi connectivity index (χ4n) is 1.52. The number of amides is 1. The van der Waals surface area contributed by atoms with Crippen LogP contribution >= 0.6 is 0 Å². The third-order valence-electron chi connectivity index (χ3n) is 2.42. The second-order valence-corrected chi connectivity index (χ2v) is 3.81. The maximum atomic E-state index is 11.8. The molecule has 0 aliphatic carbocycles. The van der Waals surface area contributed by atoms with Gasteiger partial charge in [0.25, 0.3) is 11.7 Å². The average Bonchev–Trinajstić information content (AvgIpc) is 2.85. The summed E-state index contributed by atoms with van der Waals surface area (Å²) in [4.78, 5) is 26.5. The van der Waals surface area contributed by atoms with Gasteiger partial charge in [-0.25, -0.2) is 4.79 Å². The summed E-state index contributed by atoms with van der Waals surface area (Å²) in [7, 11) is 1.34. The van der Waals surface area contributed by atoms with Gasteiger partial charge in [0, 0.05) is 18.7 Å². The third-order valence-corrected chi connectivity index (χ3v) is 2.42. The molecule has 0 unspecified atom stereocenters. The Balaban J connectivity index is 2.22. The molecule has 0 saturated carbocycles. The molecule has 1 aromatic heterocycles. The Hall–Kier alpha value is -2.90. The van der Waals surface area contributed by atoms with Crippen LogP contribution in [0.5, 0.6) is 5.75 Å². The summed E-state index contributed by atoms with van der Waals surface area (Å²) in [5, 5.41) is 14.9. The molecule has 20 heavy (non-hydrogen) atoms. The highest BCUT2D eigenvalue weighted by atomic mass is 16.5. The van der Waals surface area contributed by atoms with Gasteiger partial charge in [-0.3, -0.25) is 4.79 Å². The lowest BCUT2D eigenvalue weighted by Crippen LogP contribution is -2.14. The smallest absolute Gasteiger partial charge is 0.339 e. The number of aromatic nitrogens is 2. The number of rotatable bonds is 4. The molecule has 8 nitrogen and oxygen atoms in total. The molecule has 0 fully saturated rings. The lowest BCUT2D eigenvalue weighted by Gasteiger charge is -2.08. The first-order valence-electron chi connectivity index (χ1n) is 5.54. The van der Waals surface area contributed by atoms with E-state index < -0.39 is 11.9 Å². The summed E-state index contributed by atoms with van der Waals surface area (Å²) in [5.41, 5.74) is 0.361. The zero-order valence-electron chi connectivity index (χ0n) is 10.7. The van der Waals surface area contributed by atoms with Gasteiger partial charge in [-0.05, 0) is 12.1 Å². The molecule has 0 spiro atoms. The van der Waals surface area contributed by atoms with E-state index in [9.17, 15) is 9.59 Å². The number of aryl methyl sites for hydroxylation is 1. The Kier molecular flexibility index (Phi) is 3.65. The summed E-state index contributed by atoms with van der Waals surface area (Å²) in [6.45, 7) is 1.56. The molecule has 2 N–H and O–H groups in total. The minimum atomic E-state index is -1.12. The van der Waals surface area contributed by atoms with Crippen LogP contribution in [0.3, 0.4) is 0 Å². The molecule has 0 saturated heterocycles. The van der Waals surface area contributed by atoms with Crippen molar-refractivity contribution < 1.29 is 24.0 Å². The standard InChI is InChI=1S/C12H11N3O5/c1-6-13-10(15-20-6)11(16)14-7-3-4-8(12(17)18)9(5-7)19-2/h3-5H,1-2H3,(H,14,16)(H,17,18). The van der Waals surface area contributed by atoms with Gasteiger partial charge in [-0.1, -0.05) is 5.16 Å². The van der Waals surface area contributed by atoms with E-state index in [1.807, 2.05) is 0 Å². The highest BCUT2D eigenvalue weighted by Gasteiger charge is 2.15. The number of ether oxygens (including phenoxy) is 1. The number of aromatic carboxylic acids is 1. The van der Waals surface area contributed by atoms with Gasteiger partial charge in [-0.2, -0.15) is 4.98 Å². The molecule has 1 heterocycles. The van der Waals surface area contributed by atoms with Crippen molar-refractivity contribution in [1.29, 1.82) is 0 Å². The van der Waals surface area contributed by atoms with Crippen LogP contribution in [-0.4, -0.2) is 34.2 Å². The number of anilines is 1. The van der Waals surface area contributed by atoms with Crippen LogP contribution in [0.2, 0.25) is 0 Å². The number of hydrogen-bond donors (Lipinski definition) is 2. The second-order valence-electron chi connectivity index (χ2n) is 3.81.